The maximum Gasteiger partial charge on any atom is 0.186 e. The highest BCUT2D eigenvalue weighted by atomic mass is 35.5. The SMILES string of the molecule is O=C(Cc1ccc(-c2cnc(-c3cccc(Cl)c3F)[nH]2)cc1)c1cscn1. The Bertz CT molecular complexity index is 1090. The van der Waals surface area contributed by atoms with Crippen molar-refractivity contribution in [3.05, 3.63) is 81.6 Å². The number of hydrogen-bond acceptors (Lipinski definition) is 4. The van der Waals surface area contributed by atoms with Crippen LogP contribution in [0.3, 0.4) is 0 Å². The van der Waals surface area contributed by atoms with Gasteiger partial charge in [0.2, 0.25) is 0 Å². The van der Waals surface area contributed by atoms with Gasteiger partial charge in [-0.15, -0.1) is 11.3 Å². The first-order chi connectivity index (χ1) is 13.1. The summed E-state index contributed by atoms with van der Waals surface area (Å²) in [7, 11) is 0. The van der Waals surface area contributed by atoms with Crippen LogP contribution in [0.15, 0.2) is 59.6 Å². The summed E-state index contributed by atoms with van der Waals surface area (Å²) in [6.45, 7) is 0. The number of H-pyrrole nitrogens is 1. The van der Waals surface area contributed by atoms with Gasteiger partial charge in [0, 0.05) is 11.8 Å². The van der Waals surface area contributed by atoms with Gasteiger partial charge in [-0.3, -0.25) is 4.79 Å². The highest BCUT2D eigenvalue weighted by Gasteiger charge is 2.13. The second kappa shape index (κ2) is 7.42. The summed E-state index contributed by atoms with van der Waals surface area (Å²) < 4.78 is 14.2. The highest BCUT2D eigenvalue weighted by Crippen LogP contribution is 2.27. The molecule has 0 fully saturated rings. The molecule has 2 heterocycles. The van der Waals surface area contributed by atoms with Gasteiger partial charge < -0.3 is 4.98 Å². The fraction of sp³-hybridized carbons (Fsp3) is 0.0500. The van der Waals surface area contributed by atoms with E-state index in [1.165, 1.54) is 17.4 Å². The molecule has 0 aliphatic rings. The van der Waals surface area contributed by atoms with Gasteiger partial charge in [-0.1, -0.05) is 41.9 Å². The summed E-state index contributed by atoms with van der Waals surface area (Å²) in [4.78, 5) is 23.5. The van der Waals surface area contributed by atoms with Gasteiger partial charge in [-0.25, -0.2) is 14.4 Å². The molecular weight excluding hydrogens is 385 g/mol. The van der Waals surface area contributed by atoms with E-state index in [1.54, 1.807) is 29.2 Å². The maximum absolute atomic E-state index is 14.2. The monoisotopic (exact) mass is 397 g/mol. The van der Waals surface area contributed by atoms with Gasteiger partial charge in [-0.05, 0) is 23.3 Å². The van der Waals surface area contributed by atoms with Crippen molar-refractivity contribution in [2.75, 3.05) is 0 Å². The largest absolute Gasteiger partial charge is 0.338 e. The molecule has 4 aromatic rings. The van der Waals surface area contributed by atoms with Crippen LogP contribution in [-0.4, -0.2) is 20.7 Å². The van der Waals surface area contributed by atoms with Gasteiger partial charge in [0.25, 0.3) is 0 Å². The molecule has 0 unspecified atom stereocenters. The smallest absolute Gasteiger partial charge is 0.186 e. The Kier molecular flexibility index (Phi) is 4.83. The van der Waals surface area contributed by atoms with E-state index < -0.39 is 5.82 Å². The zero-order valence-corrected chi connectivity index (χ0v) is 15.5. The van der Waals surface area contributed by atoms with Crippen molar-refractivity contribution in [3.63, 3.8) is 0 Å². The molecule has 1 N–H and O–H groups in total. The molecule has 0 atom stereocenters. The number of thiazole rings is 1. The average Bonchev–Trinajstić information content (AvgIpc) is 3.36. The molecule has 0 spiro atoms. The number of aromatic amines is 1. The van der Waals surface area contributed by atoms with Crippen LogP contribution in [0.5, 0.6) is 0 Å². The molecule has 0 aliphatic heterocycles. The fourth-order valence-corrected chi connectivity index (χ4v) is 3.45. The lowest BCUT2D eigenvalue weighted by Gasteiger charge is -2.03. The fourth-order valence-electron chi connectivity index (χ4n) is 2.72. The number of hydrogen-bond donors (Lipinski definition) is 1. The van der Waals surface area contributed by atoms with Crippen molar-refractivity contribution in [2.45, 2.75) is 6.42 Å². The molecule has 0 aliphatic carbocycles. The molecule has 7 heteroatoms. The molecule has 2 aromatic heterocycles. The first-order valence-corrected chi connectivity index (χ1v) is 9.44. The van der Waals surface area contributed by atoms with Gasteiger partial charge in [0.05, 0.1) is 28.0 Å². The molecule has 2 aromatic carbocycles. The van der Waals surface area contributed by atoms with Crippen LogP contribution in [0.1, 0.15) is 16.1 Å². The van der Waals surface area contributed by atoms with E-state index >= 15 is 0 Å². The topological polar surface area (TPSA) is 58.6 Å². The van der Waals surface area contributed by atoms with Crippen molar-refractivity contribution < 1.29 is 9.18 Å². The van der Waals surface area contributed by atoms with Crippen LogP contribution in [0.4, 0.5) is 4.39 Å². The second-order valence-corrected chi connectivity index (χ2v) is 7.04. The van der Waals surface area contributed by atoms with E-state index in [0.29, 0.717) is 23.5 Å². The predicted octanol–water partition coefficient (Wildman–Crippen LogP) is 5.42. The van der Waals surface area contributed by atoms with Crippen molar-refractivity contribution in [2.24, 2.45) is 0 Å². The number of nitrogens with zero attached hydrogens (tertiary/aromatic N) is 2. The maximum atomic E-state index is 14.2. The van der Waals surface area contributed by atoms with E-state index in [1.807, 2.05) is 24.3 Å². The van der Waals surface area contributed by atoms with Crippen LogP contribution in [0, 0.1) is 5.82 Å². The van der Waals surface area contributed by atoms with Gasteiger partial charge in [0.1, 0.15) is 11.5 Å². The minimum atomic E-state index is -0.504. The first kappa shape index (κ1) is 17.6. The third-order valence-electron chi connectivity index (χ3n) is 4.13. The summed E-state index contributed by atoms with van der Waals surface area (Å²) in [5.41, 5.74) is 5.00. The van der Waals surface area contributed by atoms with Crippen LogP contribution in [-0.2, 0) is 6.42 Å². The molecule has 0 radical (unpaired) electrons. The normalized spacial score (nSPS) is 10.9. The Morgan fingerprint density at radius 1 is 1.15 bits per heavy atom. The number of carbonyl (C=O) groups is 1. The number of ketones is 1. The minimum Gasteiger partial charge on any atom is -0.338 e. The number of halogens is 2. The molecule has 0 bridgehead atoms. The summed E-state index contributed by atoms with van der Waals surface area (Å²) in [6.07, 6.45) is 1.94. The Morgan fingerprint density at radius 3 is 2.70 bits per heavy atom. The van der Waals surface area contributed by atoms with E-state index in [-0.39, 0.29) is 10.8 Å². The van der Waals surface area contributed by atoms with E-state index in [4.69, 9.17) is 11.6 Å². The third kappa shape index (κ3) is 3.67. The second-order valence-electron chi connectivity index (χ2n) is 5.92. The Balaban J connectivity index is 1.54. The van der Waals surface area contributed by atoms with E-state index in [9.17, 15) is 9.18 Å². The van der Waals surface area contributed by atoms with E-state index in [2.05, 4.69) is 15.0 Å². The number of Topliss-reactive ketones (excluding diaryl/α,β-unsaturated/α-hetero) is 1. The minimum absolute atomic E-state index is 0.00995. The van der Waals surface area contributed by atoms with Gasteiger partial charge in [0.15, 0.2) is 11.6 Å². The van der Waals surface area contributed by atoms with Crippen molar-refractivity contribution in [1.29, 1.82) is 0 Å². The van der Waals surface area contributed by atoms with Crippen molar-refractivity contribution >= 4 is 28.7 Å². The van der Waals surface area contributed by atoms with Crippen LogP contribution < -0.4 is 0 Å². The molecule has 4 rings (SSSR count). The van der Waals surface area contributed by atoms with Crippen LogP contribution in [0.25, 0.3) is 22.6 Å². The Morgan fingerprint density at radius 2 is 1.96 bits per heavy atom. The molecular formula is C20H13ClFN3OS. The number of benzene rings is 2. The lowest BCUT2D eigenvalue weighted by molar-refractivity contribution is 0.0989. The summed E-state index contributed by atoms with van der Waals surface area (Å²) in [6, 6.07) is 12.4. The molecule has 134 valence electrons. The highest BCUT2D eigenvalue weighted by molar-refractivity contribution is 7.07. The molecule has 0 saturated heterocycles. The van der Waals surface area contributed by atoms with Crippen molar-refractivity contribution in [3.8, 4) is 22.6 Å². The Labute approximate surface area is 163 Å². The quantitative estimate of drug-likeness (QED) is 0.457. The summed E-state index contributed by atoms with van der Waals surface area (Å²) in [5.74, 6) is -0.104. The molecule has 4 nitrogen and oxygen atoms in total. The lowest BCUT2D eigenvalue weighted by atomic mass is 10.0. The lowest BCUT2D eigenvalue weighted by Crippen LogP contribution is -2.03. The standard InChI is InChI=1S/C20H13ClFN3OS/c21-15-3-1-2-14(19(15)22)20-23-9-16(25-20)13-6-4-12(5-7-13)8-18(26)17-10-27-11-24-17/h1-7,9-11H,8H2,(H,23,25). The zero-order chi connectivity index (χ0) is 18.8. The number of carbonyl (C=O) groups excluding carboxylic acids is 1. The molecule has 27 heavy (non-hydrogen) atoms. The third-order valence-corrected chi connectivity index (χ3v) is 5.01. The van der Waals surface area contributed by atoms with E-state index in [0.717, 1.165) is 16.8 Å². The summed E-state index contributed by atoms with van der Waals surface area (Å²) >= 11 is 7.24. The molecule has 0 amide bonds. The van der Waals surface area contributed by atoms with Crippen molar-refractivity contribution in [1.82, 2.24) is 15.0 Å². The van der Waals surface area contributed by atoms with Gasteiger partial charge >= 0.3 is 0 Å². The zero-order valence-electron chi connectivity index (χ0n) is 13.9. The number of rotatable bonds is 5. The van der Waals surface area contributed by atoms with Crippen LogP contribution >= 0.6 is 22.9 Å². The molecule has 0 saturated carbocycles. The Hall–Kier alpha value is -2.83. The number of aromatic nitrogens is 3. The number of imidazole rings is 1. The van der Waals surface area contributed by atoms with Crippen LogP contribution in [0.2, 0.25) is 5.02 Å². The predicted molar refractivity (Wildman–Crippen MR) is 105 cm³/mol. The number of nitrogens with one attached hydrogen (secondary N) is 1. The first-order valence-electron chi connectivity index (χ1n) is 8.12. The summed E-state index contributed by atoms with van der Waals surface area (Å²) in [5, 5.41) is 1.80. The van der Waals surface area contributed by atoms with Gasteiger partial charge in [-0.2, -0.15) is 0 Å². The average molecular weight is 398 g/mol.